The van der Waals surface area contributed by atoms with Crippen LogP contribution in [0.15, 0.2) is 42.5 Å². The van der Waals surface area contributed by atoms with Crippen molar-refractivity contribution in [3.63, 3.8) is 0 Å². The second kappa shape index (κ2) is 9.09. The molecule has 0 aromatic heterocycles. The van der Waals surface area contributed by atoms with Crippen molar-refractivity contribution in [3.8, 4) is 11.5 Å². The fourth-order valence-electron chi connectivity index (χ4n) is 2.65. The van der Waals surface area contributed by atoms with E-state index in [4.69, 9.17) is 14.6 Å². The van der Waals surface area contributed by atoms with Gasteiger partial charge in [-0.25, -0.2) is 4.79 Å². The number of carbonyl (C=O) groups is 3. The summed E-state index contributed by atoms with van der Waals surface area (Å²) in [5.41, 5.74) is 1.08. The Morgan fingerprint density at radius 1 is 1.03 bits per heavy atom. The zero-order valence-electron chi connectivity index (χ0n) is 15.9. The molecule has 2 aromatic carbocycles. The minimum Gasteiger partial charge on any atom is -0.490 e. The monoisotopic (exact) mass is 398 g/mol. The number of hydrogen-bond donors (Lipinski definition) is 3. The van der Waals surface area contributed by atoms with Crippen LogP contribution in [0.25, 0.3) is 0 Å². The highest BCUT2D eigenvalue weighted by Crippen LogP contribution is 2.29. The predicted octanol–water partition coefficient (Wildman–Crippen LogP) is 2.69. The first kappa shape index (κ1) is 20.2. The lowest BCUT2D eigenvalue weighted by Gasteiger charge is -2.14. The number of hydrogen-bond acceptors (Lipinski definition) is 5. The molecule has 0 radical (unpaired) electrons. The van der Waals surface area contributed by atoms with Crippen molar-refractivity contribution in [1.82, 2.24) is 5.32 Å². The fourth-order valence-corrected chi connectivity index (χ4v) is 2.65. The summed E-state index contributed by atoms with van der Waals surface area (Å²) in [6.07, 6.45) is 1.94. The molecule has 0 heterocycles. The molecule has 1 aliphatic carbocycles. The normalized spacial score (nSPS) is 12.7. The van der Waals surface area contributed by atoms with E-state index < -0.39 is 18.5 Å². The maximum Gasteiger partial charge on any atom is 0.341 e. The van der Waals surface area contributed by atoms with Crippen LogP contribution in [0.1, 0.15) is 40.5 Å². The molecule has 8 heteroatoms. The van der Waals surface area contributed by atoms with Gasteiger partial charge in [0.25, 0.3) is 11.8 Å². The Kier molecular flexibility index (Phi) is 6.33. The van der Waals surface area contributed by atoms with Crippen LogP contribution in [0.4, 0.5) is 5.69 Å². The summed E-state index contributed by atoms with van der Waals surface area (Å²) in [6.45, 7) is 1.57. The molecule has 3 N–H and O–H groups in total. The van der Waals surface area contributed by atoms with Gasteiger partial charge >= 0.3 is 5.97 Å². The van der Waals surface area contributed by atoms with Crippen LogP contribution in [0.5, 0.6) is 11.5 Å². The van der Waals surface area contributed by atoms with Crippen molar-refractivity contribution in [1.29, 1.82) is 0 Å². The van der Waals surface area contributed by atoms with Crippen LogP contribution in [0.2, 0.25) is 0 Å². The molecule has 152 valence electrons. The molecule has 2 aromatic rings. The van der Waals surface area contributed by atoms with Gasteiger partial charge in [0.2, 0.25) is 0 Å². The zero-order valence-corrected chi connectivity index (χ0v) is 15.9. The minimum atomic E-state index is -1.12. The smallest absolute Gasteiger partial charge is 0.341 e. The van der Waals surface area contributed by atoms with E-state index in [1.165, 1.54) is 18.2 Å². The molecule has 2 amide bonds. The van der Waals surface area contributed by atoms with Gasteiger partial charge in [0, 0.05) is 11.6 Å². The number of carboxylic acids is 1. The lowest BCUT2D eigenvalue weighted by molar-refractivity contribution is -0.139. The summed E-state index contributed by atoms with van der Waals surface area (Å²) >= 11 is 0. The van der Waals surface area contributed by atoms with Crippen LogP contribution in [-0.4, -0.2) is 42.1 Å². The van der Waals surface area contributed by atoms with E-state index in [0.717, 1.165) is 12.8 Å². The number of benzene rings is 2. The van der Waals surface area contributed by atoms with Gasteiger partial charge < -0.3 is 25.2 Å². The number of para-hydroxylation sites is 1. The van der Waals surface area contributed by atoms with Crippen LogP contribution < -0.4 is 20.1 Å². The van der Waals surface area contributed by atoms with Crippen molar-refractivity contribution in [2.75, 3.05) is 18.5 Å². The molecule has 29 heavy (non-hydrogen) atoms. The highest BCUT2D eigenvalue weighted by atomic mass is 16.5. The quantitative estimate of drug-likeness (QED) is 0.598. The van der Waals surface area contributed by atoms with Gasteiger partial charge in [-0.3, -0.25) is 9.59 Å². The van der Waals surface area contributed by atoms with Gasteiger partial charge in [0.15, 0.2) is 18.1 Å². The Morgan fingerprint density at radius 2 is 1.79 bits per heavy atom. The van der Waals surface area contributed by atoms with Crippen LogP contribution in [-0.2, 0) is 4.79 Å². The lowest BCUT2D eigenvalue weighted by atomic mass is 10.1. The number of nitrogens with one attached hydrogen (secondary N) is 2. The first-order chi connectivity index (χ1) is 14.0. The molecule has 8 nitrogen and oxygen atoms in total. The third kappa shape index (κ3) is 5.47. The summed E-state index contributed by atoms with van der Waals surface area (Å²) < 4.78 is 10.6. The molecular formula is C21H22N2O6. The molecular weight excluding hydrogens is 376 g/mol. The first-order valence-corrected chi connectivity index (χ1v) is 9.30. The largest absolute Gasteiger partial charge is 0.490 e. The molecule has 0 spiro atoms. The average molecular weight is 398 g/mol. The number of amides is 2. The molecule has 1 saturated carbocycles. The highest BCUT2D eigenvalue weighted by molar-refractivity contribution is 6.09. The van der Waals surface area contributed by atoms with Crippen molar-refractivity contribution >= 4 is 23.5 Å². The number of rotatable bonds is 9. The maximum absolute atomic E-state index is 12.7. The predicted molar refractivity (Wildman–Crippen MR) is 106 cm³/mol. The summed E-state index contributed by atoms with van der Waals surface area (Å²) in [5.74, 6) is -1.27. The Morgan fingerprint density at radius 3 is 2.48 bits per heavy atom. The van der Waals surface area contributed by atoms with Gasteiger partial charge in [0.05, 0.1) is 17.9 Å². The van der Waals surface area contributed by atoms with E-state index >= 15 is 0 Å². The number of ether oxygens (including phenoxy) is 2. The summed E-state index contributed by atoms with van der Waals surface area (Å²) in [6, 6.07) is 11.4. The Balaban J connectivity index is 1.77. The molecule has 0 atom stereocenters. The Hall–Kier alpha value is -3.55. The topological polar surface area (TPSA) is 114 Å². The minimum absolute atomic E-state index is 0.207. The Labute approximate surface area is 167 Å². The highest BCUT2D eigenvalue weighted by Gasteiger charge is 2.25. The molecule has 0 saturated heterocycles. The number of aliphatic carboxylic acids is 1. The maximum atomic E-state index is 12.7. The molecule has 3 rings (SSSR count). The van der Waals surface area contributed by atoms with Crippen molar-refractivity contribution in [2.24, 2.45) is 0 Å². The van der Waals surface area contributed by atoms with E-state index in [1.807, 2.05) is 0 Å². The van der Waals surface area contributed by atoms with Gasteiger partial charge in [0.1, 0.15) is 0 Å². The van der Waals surface area contributed by atoms with E-state index in [-0.39, 0.29) is 29.0 Å². The van der Waals surface area contributed by atoms with E-state index in [2.05, 4.69) is 10.6 Å². The SMILES string of the molecule is CCOc1cc(C(=O)Nc2ccccc2C(=O)NC2CC2)ccc1OCC(=O)O. The van der Waals surface area contributed by atoms with Crippen molar-refractivity contribution in [3.05, 3.63) is 53.6 Å². The van der Waals surface area contributed by atoms with E-state index in [9.17, 15) is 14.4 Å². The molecule has 0 aliphatic heterocycles. The molecule has 0 unspecified atom stereocenters. The standard InChI is InChI=1S/C21H22N2O6/c1-2-28-18-11-13(7-10-17(18)29-12-19(24)25)20(26)23-16-6-4-3-5-15(16)21(27)22-14-8-9-14/h3-7,10-11,14H,2,8-9,12H2,1H3,(H,22,27)(H,23,26)(H,24,25). The third-order valence-corrected chi connectivity index (χ3v) is 4.19. The number of anilines is 1. The van der Waals surface area contributed by atoms with Gasteiger partial charge in [-0.15, -0.1) is 0 Å². The summed E-state index contributed by atoms with van der Waals surface area (Å²) in [4.78, 5) is 35.8. The molecule has 1 aliphatic rings. The summed E-state index contributed by atoms with van der Waals surface area (Å²) in [5, 5.41) is 14.4. The van der Waals surface area contributed by atoms with E-state index in [1.54, 1.807) is 31.2 Å². The van der Waals surface area contributed by atoms with Gasteiger partial charge in [-0.2, -0.15) is 0 Å². The van der Waals surface area contributed by atoms with Gasteiger partial charge in [-0.05, 0) is 50.1 Å². The number of carbonyl (C=O) groups excluding carboxylic acids is 2. The van der Waals surface area contributed by atoms with Gasteiger partial charge in [-0.1, -0.05) is 12.1 Å². The van der Waals surface area contributed by atoms with Crippen LogP contribution in [0, 0.1) is 0 Å². The Bertz CT molecular complexity index is 923. The van der Waals surface area contributed by atoms with Crippen molar-refractivity contribution in [2.45, 2.75) is 25.8 Å². The first-order valence-electron chi connectivity index (χ1n) is 9.30. The molecule has 0 bridgehead atoms. The van der Waals surface area contributed by atoms with Crippen LogP contribution in [0.3, 0.4) is 0 Å². The van der Waals surface area contributed by atoms with E-state index in [0.29, 0.717) is 17.9 Å². The average Bonchev–Trinajstić information content (AvgIpc) is 3.51. The molecule has 1 fully saturated rings. The van der Waals surface area contributed by atoms with Crippen molar-refractivity contribution < 1.29 is 29.0 Å². The second-order valence-corrected chi connectivity index (χ2v) is 6.52. The fraction of sp³-hybridized carbons (Fsp3) is 0.286. The zero-order chi connectivity index (χ0) is 20.8. The lowest BCUT2D eigenvalue weighted by Crippen LogP contribution is -2.27. The number of carboxylic acid groups (broad SMARTS) is 1. The second-order valence-electron chi connectivity index (χ2n) is 6.52. The summed E-state index contributed by atoms with van der Waals surface area (Å²) in [7, 11) is 0. The third-order valence-electron chi connectivity index (χ3n) is 4.19. The van der Waals surface area contributed by atoms with Crippen LogP contribution >= 0.6 is 0 Å².